The van der Waals surface area contributed by atoms with Gasteiger partial charge < -0.3 is 20.1 Å². The van der Waals surface area contributed by atoms with Crippen molar-refractivity contribution in [3.63, 3.8) is 0 Å². The largest absolute Gasteiger partial charge is 0.497 e. The van der Waals surface area contributed by atoms with Crippen LogP contribution in [-0.2, 0) is 16.7 Å². The number of hydrogen-bond donors (Lipinski definition) is 2. The summed E-state index contributed by atoms with van der Waals surface area (Å²) in [5.74, 6) is 1.31. The maximum Gasteiger partial charge on any atom is 0.191 e. The summed E-state index contributed by atoms with van der Waals surface area (Å²) in [6.45, 7) is 5.25. The first-order chi connectivity index (χ1) is 14.2. The number of benzene rings is 2. The highest BCUT2D eigenvalue weighted by atomic mass is 19.1. The Kier molecular flexibility index (Phi) is 7.47. The molecular weight excluding hydrogens is 369 g/mol. The molecule has 1 saturated heterocycles. The maximum atomic E-state index is 13.9. The van der Waals surface area contributed by atoms with E-state index in [1.165, 1.54) is 11.6 Å². The van der Waals surface area contributed by atoms with Crippen LogP contribution >= 0.6 is 0 Å². The molecule has 5 nitrogen and oxygen atoms in total. The highest BCUT2D eigenvalue weighted by molar-refractivity contribution is 5.79. The molecule has 0 amide bonds. The van der Waals surface area contributed by atoms with Gasteiger partial charge in [0.15, 0.2) is 5.96 Å². The zero-order valence-electron chi connectivity index (χ0n) is 17.2. The third-order valence-corrected chi connectivity index (χ3v) is 5.46. The Morgan fingerprint density at radius 1 is 1.10 bits per heavy atom. The first-order valence-electron chi connectivity index (χ1n) is 10.1. The number of guanidine groups is 1. The van der Waals surface area contributed by atoms with E-state index in [4.69, 9.17) is 9.47 Å². The summed E-state index contributed by atoms with van der Waals surface area (Å²) in [7, 11) is 1.68. The fraction of sp³-hybridized carbons (Fsp3) is 0.435. The first-order valence-corrected chi connectivity index (χ1v) is 10.1. The number of aliphatic imine (C=N–C) groups is 1. The smallest absolute Gasteiger partial charge is 0.191 e. The van der Waals surface area contributed by atoms with E-state index < -0.39 is 0 Å². The summed E-state index contributed by atoms with van der Waals surface area (Å²) in [5.41, 5.74) is 1.80. The molecule has 0 aromatic heterocycles. The summed E-state index contributed by atoms with van der Waals surface area (Å²) in [5, 5.41) is 6.74. The minimum atomic E-state index is -0.230. The lowest BCUT2D eigenvalue weighted by Gasteiger charge is -2.38. The van der Waals surface area contributed by atoms with Crippen LogP contribution in [0, 0.1) is 5.82 Å². The summed E-state index contributed by atoms with van der Waals surface area (Å²) in [4.78, 5) is 4.58. The lowest BCUT2D eigenvalue weighted by molar-refractivity contribution is 0.0513. The average Bonchev–Trinajstić information content (AvgIpc) is 2.77. The fourth-order valence-corrected chi connectivity index (χ4v) is 3.66. The number of hydrogen-bond acceptors (Lipinski definition) is 3. The molecule has 2 aromatic rings. The van der Waals surface area contributed by atoms with Crippen molar-refractivity contribution < 1.29 is 13.9 Å². The van der Waals surface area contributed by atoms with Crippen molar-refractivity contribution in [2.75, 3.05) is 33.4 Å². The van der Waals surface area contributed by atoms with Crippen molar-refractivity contribution in [2.45, 2.75) is 31.7 Å². The zero-order chi connectivity index (χ0) is 20.5. The van der Waals surface area contributed by atoms with Crippen LogP contribution in [0.4, 0.5) is 4.39 Å². The highest BCUT2D eigenvalue weighted by Gasteiger charge is 2.34. The van der Waals surface area contributed by atoms with Crippen LogP contribution in [0.15, 0.2) is 53.5 Å². The third-order valence-electron chi connectivity index (χ3n) is 5.46. The number of halogens is 1. The van der Waals surface area contributed by atoms with Gasteiger partial charge in [0.2, 0.25) is 0 Å². The summed E-state index contributed by atoms with van der Waals surface area (Å²) < 4.78 is 24.8. The van der Waals surface area contributed by atoms with Gasteiger partial charge in [-0.2, -0.15) is 0 Å². The molecular formula is C23H30FN3O2. The Morgan fingerprint density at radius 2 is 1.83 bits per heavy atom. The second-order valence-electron chi connectivity index (χ2n) is 7.26. The van der Waals surface area contributed by atoms with E-state index in [0.717, 1.165) is 44.9 Å². The normalized spacial score (nSPS) is 16.3. The molecule has 6 heteroatoms. The molecule has 156 valence electrons. The van der Waals surface area contributed by atoms with Crippen LogP contribution in [0.2, 0.25) is 0 Å². The van der Waals surface area contributed by atoms with Crippen LogP contribution < -0.4 is 15.4 Å². The number of ether oxygens (including phenoxy) is 2. The average molecular weight is 400 g/mol. The Morgan fingerprint density at radius 3 is 2.48 bits per heavy atom. The van der Waals surface area contributed by atoms with Crippen LogP contribution in [0.3, 0.4) is 0 Å². The second kappa shape index (κ2) is 10.3. The molecule has 0 saturated carbocycles. The minimum Gasteiger partial charge on any atom is -0.497 e. The fourth-order valence-electron chi connectivity index (χ4n) is 3.66. The van der Waals surface area contributed by atoms with Crippen LogP contribution in [0.5, 0.6) is 5.75 Å². The van der Waals surface area contributed by atoms with Gasteiger partial charge in [0, 0.05) is 37.3 Å². The summed E-state index contributed by atoms with van der Waals surface area (Å²) in [6, 6.07) is 15.0. The molecule has 1 aliphatic heterocycles. The van der Waals surface area contributed by atoms with Gasteiger partial charge in [-0.1, -0.05) is 30.3 Å². The van der Waals surface area contributed by atoms with Gasteiger partial charge in [0.25, 0.3) is 0 Å². The van der Waals surface area contributed by atoms with E-state index in [-0.39, 0.29) is 11.2 Å². The van der Waals surface area contributed by atoms with E-state index in [2.05, 4.69) is 27.8 Å². The summed E-state index contributed by atoms with van der Waals surface area (Å²) in [6.07, 6.45) is 1.86. The van der Waals surface area contributed by atoms with Gasteiger partial charge in [-0.15, -0.1) is 0 Å². The van der Waals surface area contributed by atoms with Crippen molar-refractivity contribution in [2.24, 2.45) is 4.99 Å². The quantitative estimate of drug-likeness (QED) is 0.551. The van der Waals surface area contributed by atoms with Gasteiger partial charge in [-0.25, -0.2) is 9.38 Å². The van der Waals surface area contributed by atoms with Gasteiger partial charge in [0.1, 0.15) is 11.6 Å². The SMILES string of the molecule is CCNC(=NCc1ccccc1F)NCC1(c2ccc(OC)cc2)CCOCC1. The molecule has 1 aliphatic rings. The predicted molar refractivity (Wildman–Crippen MR) is 114 cm³/mol. The Bertz CT molecular complexity index is 802. The van der Waals surface area contributed by atoms with E-state index in [1.807, 2.05) is 25.1 Å². The second-order valence-corrected chi connectivity index (χ2v) is 7.26. The standard InChI is InChI=1S/C23H30FN3O2/c1-3-25-22(26-16-18-6-4-5-7-21(18)24)27-17-23(12-14-29-15-13-23)19-8-10-20(28-2)11-9-19/h4-11H,3,12-17H2,1-2H3,(H2,25,26,27). The predicted octanol–water partition coefficient (Wildman–Crippen LogP) is 3.64. The number of nitrogens with zero attached hydrogens (tertiary/aromatic N) is 1. The van der Waals surface area contributed by atoms with Crippen LogP contribution in [0.25, 0.3) is 0 Å². The highest BCUT2D eigenvalue weighted by Crippen LogP contribution is 2.35. The van der Waals surface area contributed by atoms with Crippen molar-refractivity contribution in [1.82, 2.24) is 10.6 Å². The molecule has 2 N–H and O–H groups in total. The van der Waals surface area contributed by atoms with Gasteiger partial charge in [0.05, 0.1) is 13.7 Å². The van der Waals surface area contributed by atoms with Crippen molar-refractivity contribution in [3.8, 4) is 5.75 Å². The molecule has 0 aliphatic carbocycles. The molecule has 0 spiro atoms. The Balaban J connectivity index is 1.75. The number of methoxy groups -OCH3 is 1. The first kappa shape index (κ1) is 21.1. The van der Waals surface area contributed by atoms with E-state index in [0.29, 0.717) is 18.1 Å². The third kappa shape index (κ3) is 5.48. The molecule has 1 heterocycles. The van der Waals surface area contributed by atoms with Crippen molar-refractivity contribution >= 4 is 5.96 Å². The number of rotatable bonds is 7. The molecule has 0 radical (unpaired) electrons. The van der Waals surface area contributed by atoms with Crippen LogP contribution in [0.1, 0.15) is 30.9 Å². The van der Waals surface area contributed by atoms with Gasteiger partial charge >= 0.3 is 0 Å². The molecule has 0 bridgehead atoms. The maximum absolute atomic E-state index is 13.9. The molecule has 0 unspecified atom stereocenters. The Labute approximate surface area is 172 Å². The van der Waals surface area contributed by atoms with Gasteiger partial charge in [-0.05, 0) is 43.5 Å². The zero-order valence-corrected chi connectivity index (χ0v) is 17.2. The lowest BCUT2D eigenvalue weighted by atomic mass is 9.74. The topological polar surface area (TPSA) is 54.9 Å². The van der Waals surface area contributed by atoms with E-state index >= 15 is 0 Å². The minimum absolute atomic E-state index is 0.0429. The van der Waals surface area contributed by atoms with Crippen molar-refractivity contribution in [1.29, 1.82) is 0 Å². The van der Waals surface area contributed by atoms with Crippen molar-refractivity contribution in [3.05, 3.63) is 65.5 Å². The monoisotopic (exact) mass is 399 g/mol. The lowest BCUT2D eigenvalue weighted by Crippen LogP contribution is -2.48. The summed E-state index contributed by atoms with van der Waals surface area (Å²) >= 11 is 0. The van der Waals surface area contributed by atoms with Gasteiger partial charge in [-0.3, -0.25) is 0 Å². The molecule has 29 heavy (non-hydrogen) atoms. The van der Waals surface area contributed by atoms with E-state index in [9.17, 15) is 4.39 Å². The van der Waals surface area contributed by atoms with E-state index in [1.54, 1.807) is 19.2 Å². The van der Waals surface area contributed by atoms with Crippen LogP contribution in [-0.4, -0.2) is 39.4 Å². The molecule has 1 fully saturated rings. The number of nitrogens with one attached hydrogen (secondary N) is 2. The molecule has 0 atom stereocenters. The molecule has 3 rings (SSSR count). The molecule has 2 aromatic carbocycles. The Hall–Kier alpha value is -2.60.